The molecule has 4 aliphatic carbocycles. The van der Waals surface area contributed by atoms with Crippen LogP contribution in [-0.4, -0.2) is 0 Å². The first-order valence-corrected chi connectivity index (χ1v) is 6.14. The minimum atomic E-state index is 0. The van der Waals surface area contributed by atoms with Crippen molar-refractivity contribution in [3.05, 3.63) is 84.9 Å². The molecule has 0 bridgehead atoms. The van der Waals surface area contributed by atoms with Crippen molar-refractivity contribution in [2.75, 3.05) is 0 Å². The minimum Gasteiger partial charge on any atom is -0.172 e. The van der Waals surface area contributed by atoms with Crippen molar-refractivity contribution in [3.8, 4) is 22.3 Å². The summed E-state index contributed by atoms with van der Waals surface area (Å²) in [5.74, 6) is 0. The number of fused-ring (bicyclic) bond motifs is 2. The van der Waals surface area contributed by atoms with Crippen molar-refractivity contribution in [2.24, 2.45) is 0 Å². The summed E-state index contributed by atoms with van der Waals surface area (Å²) < 4.78 is 0. The first-order valence-electron chi connectivity index (χ1n) is 6.14. The molecule has 0 unspecified atom stereocenters. The molecule has 0 aromatic rings. The van der Waals surface area contributed by atoms with Gasteiger partial charge in [0.25, 0.3) is 0 Å². The van der Waals surface area contributed by atoms with Crippen molar-refractivity contribution >= 4 is 0 Å². The van der Waals surface area contributed by atoms with Gasteiger partial charge in [0, 0.05) is 0 Å². The zero-order valence-corrected chi connectivity index (χ0v) is 11.9. The van der Waals surface area contributed by atoms with Crippen LogP contribution in [0.4, 0.5) is 0 Å². The van der Waals surface area contributed by atoms with Gasteiger partial charge in [-0.1, -0.05) is 24.3 Å². The van der Waals surface area contributed by atoms with Gasteiger partial charge in [0.2, 0.25) is 0 Å². The van der Waals surface area contributed by atoms with Gasteiger partial charge in [0.05, 0.1) is 0 Å². The minimum absolute atomic E-state index is 0. The van der Waals surface area contributed by atoms with Crippen LogP contribution < -0.4 is 0 Å². The standard InChI is InChI=1S/2C9H7.V/c2*1-2-5-9-7-3-6-8(9)4-1;/h2*1-7H;/q2*-1;+2. The van der Waals surface area contributed by atoms with Gasteiger partial charge in [-0.3, -0.25) is 0 Å². The van der Waals surface area contributed by atoms with Crippen molar-refractivity contribution in [2.45, 2.75) is 0 Å². The topological polar surface area (TPSA) is 0 Å². The molecule has 19 heavy (non-hydrogen) atoms. The van der Waals surface area contributed by atoms with E-state index in [1.807, 2.05) is 0 Å². The molecule has 0 saturated carbocycles. The van der Waals surface area contributed by atoms with Gasteiger partial charge in [-0.15, -0.1) is 34.4 Å². The molecule has 0 saturated heterocycles. The first-order chi connectivity index (χ1) is 8.93. The second-order valence-electron chi connectivity index (χ2n) is 4.31. The fourth-order valence-electron chi connectivity index (χ4n) is 2.14. The van der Waals surface area contributed by atoms with Gasteiger partial charge in [-0.25, -0.2) is 0 Å². The molecule has 0 aromatic heterocycles. The van der Waals surface area contributed by atoms with E-state index in [0.717, 1.165) is 0 Å². The summed E-state index contributed by atoms with van der Waals surface area (Å²) in [6.07, 6.45) is 0. The van der Waals surface area contributed by atoms with Crippen LogP contribution in [0.15, 0.2) is 84.9 Å². The van der Waals surface area contributed by atoms with E-state index in [1.54, 1.807) is 0 Å². The zero-order valence-electron chi connectivity index (χ0n) is 10.5. The summed E-state index contributed by atoms with van der Waals surface area (Å²) in [5.41, 5.74) is 5.32. The number of hydrogen-bond donors (Lipinski definition) is 0. The number of hydrogen-bond acceptors (Lipinski definition) is 0. The molecule has 0 aromatic carbocycles. The smallest absolute Gasteiger partial charge is 0.172 e. The Morgan fingerprint density at radius 1 is 0.526 bits per heavy atom. The van der Waals surface area contributed by atoms with Crippen LogP contribution in [0, 0.1) is 0 Å². The van der Waals surface area contributed by atoms with Crippen molar-refractivity contribution in [3.63, 3.8) is 0 Å². The zero-order chi connectivity index (χ0) is 12.2. The molecule has 4 rings (SSSR count). The Morgan fingerprint density at radius 3 is 1.37 bits per heavy atom. The Morgan fingerprint density at radius 2 is 0.947 bits per heavy atom. The van der Waals surface area contributed by atoms with E-state index in [-0.39, 0.29) is 18.6 Å². The fourth-order valence-corrected chi connectivity index (χ4v) is 2.14. The number of benzene rings is 2. The second kappa shape index (κ2) is 6.42. The van der Waals surface area contributed by atoms with Gasteiger partial charge in [0.1, 0.15) is 0 Å². The largest absolute Gasteiger partial charge is 2.00 e. The average molecular weight is 281 g/mol. The molecule has 0 heterocycles. The molecule has 1 heteroatoms. The van der Waals surface area contributed by atoms with Crippen LogP contribution in [0.1, 0.15) is 0 Å². The first kappa shape index (κ1) is 13.7. The molecule has 0 nitrogen and oxygen atoms in total. The van der Waals surface area contributed by atoms with Crippen LogP contribution >= 0.6 is 0 Å². The maximum atomic E-state index is 2.12. The molecular weight excluding hydrogens is 267 g/mol. The molecule has 4 aliphatic rings. The van der Waals surface area contributed by atoms with Gasteiger partial charge < -0.3 is 0 Å². The summed E-state index contributed by atoms with van der Waals surface area (Å²) in [7, 11) is 0. The van der Waals surface area contributed by atoms with E-state index in [0.29, 0.717) is 0 Å². The van der Waals surface area contributed by atoms with Crippen LogP contribution in [0.5, 0.6) is 0 Å². The van der Waals surface area contributed by atoms with Gasteiger partial charge in [-0.2, -0.15) is 48.5 Å². The molecule has 1 radical (unpaired) electrons. The fraction of sp³-hybridized carbons (Fsp3) is 0. The van der Waals surface area contributed by atoms with E-state index >= 15 is 0 Å². The third-order valence-electron chi connectivity index (χ3n) is 3.10. The molecular formula is C18H14V. The Balaban J connectivity index is 0.000000133. The van der Waals surface area contributed by atoms with Crippen LogP contribution in [0.3, 0.4) is 0 Å². The maximum Gasteiger partial charge on any atom is 2.00 e. The number of rotatable bonds is 0. The Labute approximate surface area is 126 Å². The van der Waals surface area contributed by atoms with E-state index in [1.165, 1.54) is 22.3 Å². The SMILES string of the molecule is [V+2].c1cc2cc[cH-]cc-2c1.c1cc2cc[cH-]cc-2c1. The van der Waals surface area contributed by atoms with Gasteiger partial charge >= 0.3 is 18.6 Å². The summed E-state index contributed by atoms with van der Waals surface area (Å²) in [6.45, 7) is 0. The van der Waals surface area contributed by atoms with E-state index in [2.05, 4.69) is 84.9 Å². The third-order valence-corrected chi connectivity index (χ3v) is 3.10. The maximum absolute atomic E-state index is 2.12. The predicted octanol–water partition coefficient (Wildman–Crippen LogP) is 5.02. The molecule has 0 atom stereocenters. The average Bonchev–Trinajstić information content (AvgIpc) is 3.08. The Bertz CT molecular complexity index is 545. The van der Waals surface area contributed by atoms with Crippen molar-refractivity contribution < 1.29 is 18.6 Å². The van der Waals surface area contributed by atoms with E-state index in [4.69, 9.17) is 0 Å². The van der Waals surface area contributed by atoms with Crippen LogP contribution in [-0.2, 0) is 18.6 Å². The van der Waals surface area contributed by atoms with Crippen LogP contribution in [0.25, 0.3) is 22.3 Å². The summed E-state index contributed by atoms with van der Waals surface area (Å²) in [4.78, 5) is 0. The predicted molar refractivity (Wildman–Crippen MR) is 77.3 cm³/mol. The molecule has 0 fully saturated rings. The summed E-state index contributed by atoms with van der Waals surface area (Å²) >= 11 is 0. The molecule has 91 valence electrons. The quantitative estimate of drug-likeness (QED) is 0.397. The molecule has 0 amide bonds. The second-order valence-corrected chi connectivity index (χ2v) is 4.31. The monoisotopic (exact) mass is 281 g/mol. The van der Waals surface area contributed by atoms with Gasteiger partial charge in [0.15, 0.2) is 0 Å². The van der Waals surface area contributed by atoms with Crippen molar-refractivity contribution in [1.82, 2.24) is 0 Å². The third kappa shape index (κ3) is 3.17. The van der Waals surface area contributed by atoms with E-state index in [9.17, 15) is 0 Å². The molecule has 0 N–H and O–H groups in total. The molecule has 0 aliphatic heterocycles. The molecule has 0 spiro atoms. The Hall–Kier alpha value is -1.76. The summed E-state index contributed by atoms with van der Waals surface area (Å²) in [5, 5.41) is 0. The van der Waals surface area contributed by atoms with Gasteiger partial charge in [-0.05, 0) is 0 Å². The van der Waals surface area contributed by atoms with Crippen molar-refractivity contribution in [1.29, 1.82) is 0 Å². The van der Waals surface area contributed by atoms with E-state index < -0.39 is 0 Å². The normalized spacial score (nSPS) is 9.68. The summed E-state index contributed by atoms with van der Waals surface area (Å²) in [6, 6.07) is 29.3. The Kier molecular flexibility index (Phi) is 4.62. The van der Waals surface area contributed by atoms with Crippen LogP contribution in [0.2, 0.25) is 0 Å².